The number of halogens is 1. The maximum absolute atomic E-state index is 12.9. The average molecular weight is 455 g/mol. The Balaban J connectivity index is 1.49. The molecule has 0 fully saturated rings. The molecule has 4 N–H and O–H groups in total. The van der Waals surface area contributed by atoms with Gasteiger partial charge in [-0.05, 0) is 35.4 Å². The molecule has 1 aliphatic rings. The number of urea groups is 1. The molecule has 1 aliphatic heterocycles. The van der Waals surface area contributed by atoms with E-state index in [2.05, 4.69) is 10.6 Å². The molecule has 3 aromatic rings. The van der Waals surface area contributed by atoms with Crippen LogP contribution in [0.25, 0.3) is 0 Å². The van der Waals surface area contributed by atoms with E-state index in [0.717, 1.165) is 16.7 Å². The van der Waals surface area contributed by atoms with E-state index in [-0.39, 0.29) is 11.8 Å². The smallest absolute Gasteiger partial charge is 0.312 e. The van der Waals surface area contributed by atoms with Crippen molar-refractivity contribution in [2.75, 3.05) is 5.32 Å². The van der Waals surface area contributed by atoms with Crippen LogP contribution in [0, 0.1) is 0 Å². The third-order valence-corrected chi connectivity index (χ3v) is 6.15. The standard InChI is InChI=1S/C22H19ClN4O3S/c23-19-8-7-18(31-19)20(28)26-17-6-2-5-15-16(17)12-27(21(15)29)11-14-4-1-3-13(9-14)10-25-22(24)30/h1-9H,10-12H2,(H,26,28)(H3,24,25,30). The fourth-order valence-corrected chi connectivity index (χ4v) is 4.44. The van der Waals surface area contributed by atoms with Crippen LogP contribution < -0.4 is 16.4 Å². The molecule has 0 saturated carbocycles. The molecule has 2 heterocycles. The molecule has 0 radical (unpaired) electrons. The number of benzene rings is 2. The van der Waals surface area contributed by atoms with Gasteiger partial charge in [0, 0.05) is 36.4 Å². The Labute approximate surface area is 187 Å². The number of carbonyl (C=O) groups is 3. The third-order valence-electron chi connectivity index (χ3n) is 4.92. The molecule has 158 valence electrons. The largest absolute Gasteiger partial charge is 0.352 e. The summed E-state index contributed by atoms with van der Waals surface area (Å²) >= 11 is 7.12. The van der Waals surface area contributed by atoms with Crippen LogP contribution in [0.15, 0.2) is 54.6 Å². The maximum atomic E-state index is 12.9. The van der Waals surface area contributed by atoms with Gasteiger partial charge in [-0.15, -0.1) is 11.3 Å². The summed E-state index contributed by atoms with van der Waals surface area (Å²) in [4.78, 5) is 38.6. The predicted molar refractivity (Wildman–Crippen MR) is 120 cm³/mol. The SMILES string of the molecule is NC(=O)NCc1cccc(CN2Cc3c(NC(=O)c4ccc(Cl)s4)cccc3C2=O)c1. The zero-order valence-corrected chi connectivity index (χ0v) is 17.9. The Bertz CT molecular complexity index is 1180. The minimum atomic E-state index is -0.588. The van der Waals surface area contributed by atoms with E-state index in [0.29, 0.717) is 40.1 Å². The monoisotopic (exact) mass is 454 g/mol. The van der Waals surface area contributed by atoms with Crippen LogP contribution >= 0.6 is 22.9 Å². The third kappa shape index (κ3) is 4.70. The number of thiophene rings is 1. The van der Waals surface area contributed by atoms with Crippen molar-refractivity contribution >= 4 is 46.5 Å². The van der Waals surface area contributed by atoms with Crippen LogP contribution in [0.5, 0.6) is 0 Å². The predicted octanol–water partition coefficient (Wildman–Crippen LogP) is 3.98. The highest BCUT2D eigenvalue weighted by molar-refractivity contribution is 7.18. The Kier molecular flexibility index (Phi) is 5.92. The number of hydrogen-bond donors (Lipinski definition) is 3. The van der Waals surface area contributed by atoms with Crippen LogP contribution in [0.4, 0.5) is 10.5 Å². The summed E-state index contributed by atoms with van der Waals surface area (Å²) < 4.78 is 0.540. The van der Waals surface area contributed by atoms with Gasteiger partial charge >= 0.3 is 6.03 Å². The number of hydrogen-bond acceptors (Lipinski definition) is 4. The van der Waals surface area contributed by atoms with Gasteiger partial charge in [0.1, 0.15) is 0 Å². The number of anilines is 1. The molecule has 1 aromatic heterocycles. The van der Waals surface area contributed by atoms with E-state index in [9.17, 15) is 14.4 Å². The number of amides is 4. The van der Waals surface area contributed by atoms with Crippen LogP contribution in [0.2, 0.25) is 4.34 Å². The molecule has 0 atom stereocenters. The Hall–Kier alpha value is -3.36. The zero-order valence-electron chi connectivity index (χ0n) is 16.4. The lowest BCUT2D eigenvalue weighted by molar-refractivity contribution is 0.0766. The van der Waals surface area contributed by atoms with E-state index < -0.39 is 6.03 Å². The van der Waals surface area contributed by atoms with Crippen molar-refractivity contribution < 1.29 is 14.4 Å². The molecule has 0 saturated heterocycles. The minimum Gasteiger partial charge on any atom is -0.352 e. The fourth-order valence-electron chi connectivity index (χ4n) is 3.50. The second-order valence-electron chi connectivity index (χ2n) is 7.09. The summed E-state index contributed by atoms with van der Waals surface area (Å²) in [5.74, 6) is -0.350. The summed E-state index contributed by atoms with van der Waals surface area (Å²) in [7, 11) is 0. The molecule has 0 aliphatic carbocycles. The van der Waals surface area contributed by atoms with Gasteiger partial charge in [0.15, 0.2) is 0 Å². The minimum absolute atomic E-state index is 0.0917. The Morgan fingerprint density at radius 3 is 2.61 bits per heavy atom. The van der Waals surface area contributed by atoms with Crippen molar-refractivity contribution in [1.29, 1.82) is 0 Å². The molecule has 7 nitrogen and oxygen atoms in total. The van der Waals surface area contributed by atoms with Crippen molar-refractivity contribution in [2.24, 2.45) is 5.73 Å². The number of fused-ring (bicyclic) bond motifs is 1. The van der Waals surface area contributed by atoms with Crippen molar-refractivity contribution in [2.45, 2.75) is 19.6 Å². The van der Waals surface area contributed by atoms with E-state index in [1.165, 1.54) is 11.3 Å². The van der Waals surface area contributed by atoms with Gasteiger partial charge in [-0.25, -0.2) is 4.79 Å². The van der Waals surface area contributed by atoms with Gasteiger partial charge in [0.05, 0.1) is 9.21 Å². The Morgan fingerprint density at radius 1 is 1.10 bits per heavy atom. The molecule has 9 heteroatoms. The second-order valence-corrected chi connectivity index (χ2v) is 8.80. The van der Waals surface area contributed by atoms with Crippen LogP contribution in [0.3, 0.4) is 0 Å². The molecule has 0 unspecified atom stereocenters. The highest BCUT2D eigenvalue weighted by Gasteiger charge is 2.30. The number of carbonyl (C=O) groups excluding carboxylic acids is 3. The lowest BCUT2D eigenvalue weighted by atomic mass is 10.1. The molecule has 31 heavy (non-hydrogen) atoms. The van der Waals surface area contributed by atoms with Crippen LogP contribution in [0.1, 0.15) is 36.7 Å². The van der Waals surface area contributed by atoms with Gasteiger partial charge in [0.25, 0.3) is 11.8 Å². The summed E-state index contributed by atoms with van der Waals surface area (Å²) in [6.07, 6.45) is 0. The van der Waals surface area contributed by atoms with Gasteiger partial charge < -0.3 is 21.3 Å². The summed E-state index contributed by atoms with van der Waals surface area (Å²) in [6, 6.07) is 15.7. The van der Waals surface area contributed by atoms with Crippen molar-refractivity contribution in [3.63, 3.8) is 0 Å². The zero-order chi connectivity index (χ0) is 22.0. The fraction of sp³-hybridized carbons (Fsp3) is 0.136. The average Bonchev–Trinajstić information content (AvgIpc) is 3.31. The first-order valence-electron chi connectivity index (χ1n) is 9.49. The van der Waals surface area contributed by atoms with Gasteiger partial charge in [-0.3, -0.25) is 9.59 Å². The topological polar surface area (TPSA) is 105 Å². The van der Waals surface area contributed by atoms with E-state index >= 15 is 0 Å². The van der Waals surface area contributed by atoms with Crippen molar-refractivity contribution in [1.82, 2.24) is 10.2 Å². The molecule has 0 spiro atoms. The maximum Gasteiger partial charge on any atom is 0.312 e. The molecular weight excluding hydrogens is 436 g/mol. The van der Waals surface area contributed by atoms with E-state index in [1.54, 1.807) is 35.2 Å². The molecule has 4 amide bonds. The van der Waals surface area contributed by atoms with Crippen molar-refractivity contribution in [3.8, 4) is 0 Å². The number of primary amides is 1. The Morgan fingerprint density at radius 2 is 1.87 bits per heavy atom. The molecule has 2 aromatic carbocycles. The number of nitrogens with one attached hydrogen (secondary N) is 2. The highest BCUT2D eigenvalue weighted by atomic mass is 35.5. The quantitative estimate of drug-likeness (QED) is 0.524. The molecule has 0 bridgehead atoms. The molecular formula is C22H19ClN4O3S. The van der Waals surface area contributed by atoms with Crippen LogP contribution in [-0.2, 0) is 19.6 Å². The number of nitrogens with two attached hydrogens (primary N) is 1. The van der Waals surface area contributed by atoms with Crippen molar-refractivity contribution in [3.05, 3.63) is 86.1 Å². The second kappa shape index (κ2) is 8.79. The van der Waals surface area contributed by atoms with E-state index in [1.807, 2.05) is 24.3 Å². The first-order valence-corrected chi connectivity index (χ1v) is 10.7. The van der Waals surface area contributed by atoms with Crippen LogP contribution in [-0.4, -0.2) is 22.7 Å². The van der Waals surface area contributed by atoms with Gasteiger partial charge in [-0.1, -0.05) is 41.9 Å². The first-order chi connectivity index (χ1) is 14.9. The highest BCUT2D eigenvalue weighted by Crippen LogP contribution is 2.31. The first kappa shape index (κ1) is 20.9. The van der Waals surface area contributed by atoms with E-state index in [4.69, 9.17) is 17.3 Å². The summed E-state index contributed by atoms with van der Waals surface area (Å²) in [5.41, 5.74) is 8.93. The lowest BCUT2D eigenvalue weighted by Gasteiger charge is -2.16. The normalized spacial score (nSPS) is 12.5. The van der Waals surface area contributed by atoms with Gasteiger partial charge in [0.2, 0.25) is 0 Å². The number of rotatable bonds is 6. The summed E-state index contributed by atoms with van der Waals surface area (Å²) in [5, 5.41) is 5.45. The van der Waals surface area contributed by atoms with Gasteiger partial charge in [-0.2, -0.15) is 0 Å². The number of nitrogens with zero attached hydrogens (tertiary/aromatic N) is 1. The summed E-state index contributed by atoms with van der Waals surface area (Å²) in [6.45, 7) is 1.12. The lowest BCUT2D eigenvalue weighted by Crippen LogP contribution is -2.28. The molecule has 4 rings (SSSR count).